The number of amides is 4. The number of nitrogens with one attached hydrogen (secondary N) is 1. The highest BCUT2D eigenvalue weighted by atomic mass is 16.7. The molecule has 5 unspecified atom stereocenters. The molecular formula is C62H99N5O16. The number of nitrogens with two attached hydrogens (primary N) is 1. The lowest BCUT2D eigenvalue weighted by atomic mass is 9.83. The first-order valence-corrected chi connectivity index (χ1v) is 29.8. The molecule has 2 aliphatic rings. The van der Waals surface area contributed by atoms with E-state index in [2.05, 4.69) is 10.2 Å². The highest BCUT2D eigenvalue weighted by Gasteiger charge is 2.44. The smallest absolute Gasteiger partial charge is 0.410 e. The van der Waals surface area contributed by atoms with Crippen LogP contribution >= 0.6 is 0 Å². The number of aliphatic hydroxyl groups is 4. The molecule has 2 heterocycles. The molecule has 14 atom stereocenters. The second kappa shape index (κ2) is 34.8. The van der Waals surface area contributed by atoms with Crippen molar-refractivity contribution < 1.29 is 77.7 Å². The molecule has 83 heavy (non-hydrogen) atoms. The lowest BCUT2D eigenvalue weighted by molar-refractivity contribution is -0.242. The van der Waals surface area contributed by atoms with E-state index in [-0.39, 0.29) is 96.7 Å². The molecule has 0 spiro atoms. The molecule has 468 valence electrons. The summed E-state index contributed by atoms with van der Waals surface area (Å²) in [6.07, 6.45) is -2.73. The minimum Gasteiger partial charge on any atom is -0.462 e. The molecule has 0 bridgehead atoms. The number of Topliss-reactive ketones (excluding diaryl/α,β-unsaturated/α-hetero) is 2. The number of rotatable bonds is 35. The van der Waals surface area contributed by atoms with Crippen LogP contribution in [-0.4, -0.2) is 174 Å². The first-order chi connectivity index (χ1) is 39.4. The molecule has 7 N–H and O–H groups in total. The molecule has 0 radical (unpaired) electrons. The fraction of sp³-hybridized carbons (Fsp3) is 0.710. The van der Waals surface area contributed by atoms with Crippen molar-refractivity contribution in [3.05, 3.63) is 59.7 Å². The second-order valence-electron chi connectivity index (χ2n) is 23.6. The van der Waals surface area contributed by atoms with Crippen molar-refractivity contribution in [1.82, 2.24) is 14.7 Å². The average molecular weight is 1170 g/mol. The van der Waals surface area contributed by atoms with Crippen LogP contribution in [0, 0.1) is 35.5 Å². The third kappa shape index (κ3) is 20.0. The molecule has 2 fully saturated rings. The Kier molecular flexibility index (Phi) is 29.5. The van der Waals surface area contributed by atoms with E-state index in [0.717, 1.165) is 31.2 Å². The van der Waals surface area contributed by atoms with Gasteiger partial charge in [0, 0.05) is 77.2 Å². The number of carbonyl (C=O) groups excluding carboxylic acids is 6. The number of aliphatic hydroxyl groups excluding tert-OH is 4. The van der Waals surface area contributed by atoms with Crippen molar-refractivity contribution in [3.63, 3.8) is 0 Å². The van der Waals surface area contributed by atoms with Gasteiger partial charge in [-0.1, -0.05) is 111 Å². The highest BCUT2D eigenvalue weighted by Crippen LogP contribution is 2.34. The fourth-order valence-corrected chi connectivity index (χ4v) is 11.6. The molecule has 21 nitrogen and oxygen atoms in total. The van der Waals surface area contributed by atoms with Gasteiger partial charge in [-0.3, -0.25) is 24.0 Å². The Bertz CT molecular complexity index is 2340. The number of benzene rings is 2. The van der Waals surface area contributed by atoms with Gasteiger partial charge in [0.15, 0.2) is 5.78 Å². The minimum absolute atomic E-state index is 0.0595. The predicted molar refractivity (Wildman–Crippen MR) is 312 cm³/mol. The van der Waals surface area contributed by atoms with Crippen molar-refractivity contribution >= 4 is 41.1 Å². The van der Waals surface area contributed by atoms with Crippen molar-refractivity contribution in [2.45, 2.75) is 200 Å². The molecular weight excluding hydrogens is 1070 g/mol. The van der Waals surface area contributed by atoms with Crippen LogP contribution in [0.15, 0.2) is 48.5 Å². The van der Waals surface area contributed by atoms with Gasteiger partial charge in [-0.25, -0.2) is 10.7 Å². The number of hydrogen-bond donors (Lipinski definition) is 6. The van der Waals surface area contributed by atoms with E-state index in [1.54, 1.807) is 49.9 Å². The zero-order valence-corrected chi connectivity index (χ0v) is 51.3. The number of hydrogen-bond acceptors (Lipinski definition) is 17. The molecule has 2 aliphatic heterocycles. The fourth-order valence-electron chi connectivity index (χ4n) is 11.6. The van der Waals surface area contributed by atoms with E-state index in [1.807, 2.05) is 71.9 Å². The number of ether oxygens (including phenoxy) is 5. The van der Waals surface area contributed by atoms with Gasteiger partial charge < -0.3 is 69.0 Å². The number of nitrogens with zero attached hydrogens (tertiary/aromatic N) is 3. The van der Waals surface area contributed by atoms with Crippen LogP contribution in [0.5, 0.6) is 5.75 Å². The van der Waals surface area contributed by atoms with Crippen molar-refractivity contribution in [2.24, 2.45) is 41.4 Å². The number of anilines is 1. The Hall–Kier alpha value is -5.10. The minimum atomic E-state index is -1.63. The summed E-state index contributed by atoms with van der Waals surface area (Å²) in [6.45, 7) is 15.1. The molecule has 0 aliphatic carbocycles. The number of likely N-dealkylation sites (tertiary alicyclic amines) is 1. The van der Waals surface area contributed by atoms with E-state index < -0.39 is 85.5 Å². The van der Waals surface area contributed by atoms with Crippen LogP contribution in [0.2, 0.25) is 0 Å². The lowest BCUT2D eigenvalue weighted by Gasteiger charge is -2.41. The number of unbranched alkanes of at least 4 members (excludes halogenated alkanes) is 4. The van der Waals surface area contributed by atoms with Gasteiger partial charge in [-0.05, 0) is 73.1 Å². The third-order valence-corrected chi connectivity index (χ3v) is 16.8. The monoisotopic (exact) mass is 1170 g/mol. The summed E-state index contributed by atoms with van der Waals surface area (Å²) in [5.74, 6) is 1.35. The van der Waals surface area contributed by atoms with Gasteiger partial charge in [0.25, 0.3) is 0 Å². The summed E-state index contributed by atoms with van der Waals surface area (Å²) in [7, 11) is 6.19. The number of ketones is 2. The summed E-state index contributed by atoms with van der Waals surface area (Å²) in [4.78, 5) is 94.1. The lowest BCUT2D eigenvalue weighted by Crippen LogP contribution is -2.54. The van der Waals surface area contributed by atoms with Crippen molar-refractivity contribution in [3.8, 4) is 5.75 Å². The summed E-state index contributed by atoms with van der Waals surface area (Å²) >= 11 is 0. The van der Waals surface area contributed by atoms with Crippen LogP contribution < -0.4 is 16.0 Å². The summed E-state index contributed by atoms with van der Waals surface area (Å²) in [5, 5.41) is 44.9. The van der Waals surface area contributed by atoms with E-state index in [1.165, 1.54) is 25.1 Å². The van der Waals surface area contributed by atoms with Crippen LogP contribution in [0.3, 0.4) is 0 Å². The summed E-state index contributed by atoms with van der Waals surface area (Å²) < 4.78 is 29.4. The Morgan fingerprint density at radius 2 is 1.48 bits per heavy atom. The van der Waals surface area contributed by atoms with Crippen LogP contribution in [0.25, 0.3) is 0 Å². The first kappa shape index (κ1) is 70.4. The van der Waals surface area contributed by atoms with Gasteiger partial charge in [0.1, 0.15) is 36.5 Å². The summed E-state index contributed by atoms with van der Waals surface area (Å²) in [6, 6.07) is 11.8. The maximum atomic E-state index is 14.9. The van der Waals surface area contributed by atoms with Gasteiger partial charge in [-0.2, -0.15) is 0 Å². The van der Waals surface area contributed by atoms with Gasteiger partial charge in [0.2, 0.25) is 24.0 Å². The van der Waals surface area contributed by atoms with Crippen LogP contribution in [0.1, 0.15) is 150 Å². The maximum Gasteiger partial charge on any atom is 0.410 e. The Morgan fingerprint density at radius 3 is 2.11 bits per heavy atom. The molecule has 0 saturated carbocycles. The Labute approximate surface area is 492 Å². The molecule has 4 amide bonds. The number of likely N-dealkylation sites (N-methyl/N-ethyl adjacent to an activating group) is 2. The van der Waals surface area contributed by atoms with Crippen molar-refractivity contribution in [1.29, 1.82) is 0 Å². The third-order valence-electron chi connectivity index (χ3n) is 16.8. The quantitative estimate of drug-likeness (QED) is 0.0307. The van der Waals surface area contributed by atoms with Gasteiger partial charge >= 0.3 is 6.09 Å². The number of methoxy groups -OCH3 is 2. The summed E-state index contributed by atoms with van der Waals surface area (Å²) in [5.41, 5.74) is 1.35. The standard InChI is InChI=1S/C62H99N5O16/c1-13-39(6)55(51(78-11)34-53(72)67-29-22-25-46(67)59(79-12)41(8)47(68)31-40(7)56(73)42-23-18-17-19-24-42)65(9)60(76)45(37(2)3)33-48(69)54(38(4)5)66(10)62(77)81-35-43-32-44(64-52(71)26-20-15-14-16-21-30-82-63)27-28-50(43)83-61-58(75)57(74)49(70)36-80-61/h17-19,23-24,27-28,32,37-41,45-46,49,51,54-59,61,70,73-75H,13-16,20-22,25-26,29-31,33-36,63H2,1-12H3,(H,64,71)/t39-,40-,41-,45?,46-,49?,51+,54-,55-,56+,57?,58?,59+,61?/m0/s1. The Balaban J connectivity index is 1.47. The Morgan fingerprint density at radius 1 is 0.807 bits per heavy atom. The van der Waals surface area contributed by atoms with Crippen LogP contribution in [0.4, 0.5) is 10.5 Å². The normalized spacial score (nSPS) is 21.5. The largest absolute Gasteiger partial charge is 0.462 e. The van der Waals surface area contributed by atoms with Crippen LogP contribution in [-0.2, 0) is 54.4 Å². The van der Waals surface area contributed by atoms with Crippen molar-refractivity contribution in [2.75, 3.05) is 53.4 Å². The molecule has 4 rings (SSSR count). The van der Waals surface area contributed by atoms with E-state index >= 15 is 0 Å². The number of carbonyl (C=O) groups is 6. The molecule has 2 aromatic rings. The second-order valence-corrected chi connectivity index (χ2v) is 23.6. The van der Waals surface area contributed by atoms with Gasteiger partial charge in [0.05, 0.1) is 56.1 Å². The van der Waals surface area contributed by atoms with E-state index in [9.17, 15) is 49.2 Å². The predicted octanol–water partition coefficient (Wildman–Crippen LogP) is 6.75. The molecule has 2 aromatic carbocycles. The van der Waals surface area contributed by atoms with Gasteiger partial charge in [-0.15, -0.1) is 0 Å². The first-order valence-electron chi connectivity index (χ1n) is 29.8. The SMILES string of the molecule is CC[C@H](C)[C@@H]([C@@H](CC(=O)N1CCC[C@H]1[C@H](OC)[C@@H](C)C(=O)C[C@H](C)[C@@H](O)c1ccccc1)OC)N(C)C(=O)C(CC(=O)[C@H](C(C)C)N(C)C(=O)OCc1cc(NC(=O)CCCCCCCON)ccc1OC1OCC(O)C(O)C1O)C(C)C. The molecule has 0 aromatic heterocycles. The topological polar surface area (TPSA) is 286 Å². The molecule has 21 heteroatoms. The highest BCUT2D eigenvalue weighted by molar-refractivity contribution is 5.92. The zero-order valence-electron chi connectivity index (χ0n) is 51.3. The van der Waals surface area contributed by atoms with E-state index in [4.69, 9.17) is 29.6 Å². The maximum absolute atomic E-state index is 14.9. The molecule has 2 saturated heterocycles. The van der Waals surface area contributed by atoms with E-state index in [0.29, 0.717) is 44.5 Å². The average Bonchev–Trinajstić information content (AvgIpc) is 4.12. The zero-order chi connectivity index (χ0) is 61.7.